The van der Waals surface area contributed by atoms with E-state index in [0.717, 1.165) is 17.0 Å². The van der Waals surface area contributed by atoms with Crippen molar-refractivity contribution in [1.82, 2.24) is 24.6 Å². The van der Waals surface area contributed by atoms with Crippen molar-refractivity contribution >= 4 is 5.91 Å². The van der Waals surface area contributed by atoms with Crippen LogP contribution in [0.25, 0.3) is 22.8 Å². The molecule has 0 saturated heterocycles. The molecule has 1 aliphatic heterocycles. The van der Waals surface area contributed by atoms with E-state index in [9.17, 15) is 9.18 Å². The molecule has 1 aliphatic rings. The van der Waals surface area contributed by atoms with Crippen LogP contribution < -0.4 is 0 Å². The Balaban J connectivity index is 1.46. The van der Waals surface area contributed by atoms with Crippen LogP contribution in [0.15, 0.2) is 52.9 Å². The molecule has 0 bridgehead atoms. The molecule has 3 heterocycles. The molecule has 1 amide bonds. The highest BCUT2D eigenvalue weighted by molar-refractivity contribution is 5.77. The van der Waals surface area contributed by atoms with E-state index in [2.05, 4.69) is 15.1 Å². The maximum absolute atomic E-state index is 13.7. The Morgan fingerprint density at radius 1 is 1.06 bits per heavy atom. The van der Waals surface area contributed by atoms with Crippen LogP contribution in [0.4, 0.5) is 4.39 Å². The standard InChI is InChI=1S/C23H20FN5O2/c1-14-10-17(8-9-18(14)24)22-26-23(16-6-4-3-5-7-16)29(27-22)13-21(30)28-11-19-20(12-28)31-15(2)25-19/h3-10H,11-13H2,1-2H3. The topological polar surface area (TPSA) is 77.0 Å². The lowest BCUT2D eigenvalue weighted by atomic mass is 10.1. The molecule has 0 atom stereocenters. The van der Waals surface area contributed by atoms with Crippen molar-refractivity contribution in [3.8, 4) is 22.8 Å². The van der Waals surface area contributed by atoms with Crippen LogP contribution >= 0.6 is 0 Å². The fraction of sp³-hybridized carbons (Fsp3) is 0.217. The molecule has 4 aromatic rings. The Kier molecular flexibility index (Phi) is 4.62. The van der Waals surface area contributed by atoms with Crippen LogP contribution in [0.1, 0.15) is 22.9 Å². The van der Waals surface area contributed by atoms with Crippen molar-refractivity contribution in [2.24, 2.45) is 0 Å². The molecule has 156 valence electrons. The molecule has 0 spiro atoms. The Morgan fingerprint density at radius 2 is 1.87 bits per heavy atom. The van der Waals surface area contributed by atoms with E-state index in [0.29, 0.717) is 41.8 Å². The summed E-state index contributed by atoms with van der Waals surface area (Å²) in [7, 11) is 0. The SMILES string of the molecule is Cc1nc2c(o1)CN(C(=O)Cn1nc(-c3ccc(F)c(C)c3)nc1-c1ccccc1)C2. The van der Waals surface area contributed by atoms with Crippen molar-refractivity contribution in [2.75, 3.05) is 0 Å². The van der Waals surface area contributed by atoms with Crippen LogP contribution in [-0.2, 0) is 24.4 Å². The van der Waals surface area contributed by atoms with Gasteiger partial charge >= 0.3 is 0 Å². The molecule has 31 heavy (non-hydrogen) atoms. The third-order valence-corrected chi connectivity index (χ3v) is 5.32. The van der Waals surface area contributed by atoms with Gasteiger partial charge in [-0.15, -0.1) is 5.10 Å². The summed E-state index contributed by atoms with van der Waals surface area (Å²) in [4.78, 5) is 23.7. The molecule has 8 heteroatoms. The van der Waals surface area contributed by atoms with Gasteiger partial charge in [-0.3, -0.25) is 4.79 Å². The second-order valence-corrected chi connectivity index (χ2v) is 7.60. The van der Waals surface area contributed by atoms with Crippen LogP contribution in [0.2, 0.25) is 0 Å². The summed E-state index contributed by atoms with van der Waals surface area (Å²) in [6, 6.07) is 14.3. The van der Waals surface area contributed by atoms with E-state index >= 15 is 0 Å². The Bertz CT molecular complexity index is 1260. The smallest absolute Gasteiger partial charge is 0.245 e. The van der Waals surface area contributed by atoms with Crippen LogP contribution in [0.5, 0.6) is 0 Å². The normalized spacial score (nSPS) is 12.9. The van der Waals surface area contributed by atoms with E-state index in [1.807, 2.05) is 30.3 Å². The van der Waals surface area contributed by atoms with Gasteiger partial charge in [-0.1, -0.05) is 30.3 Å². The maximum atomic E-state index is 13.7. The number of amides is 1. The van der Waals surface area contributed by atoms with Crippen molar-refractivity contribution < 1.29 is 13.6 Å². The van der Waals surface area contributed by atoms with Gasteiger partial charge in [0.1, 0.15) is 23.8 Å². The Morgan fingerprint density at radius 3 is 2.61 bits per heavy atom. The van der Waals surface area contributed by atoms with Crippen molar-refractivity contribution in [3.63, 3.8) is 0 Å². The Labute approximate surface area is 178 Å². The van der Waals surface area contributed by atoms with Gasteiger partial charge in [-0.05, 0) is 30.7 Å². The summed E-state index contributed by atoms with van der Waals surface area (Å²) in [6.45, 7) is 4.34. The van der Waals surface area contributed by atoms with Gasteiger partial charge in [0.15, 0.2) is 17.5 Å². The summed E-state index contributed by atoms with van der Waals surface area (Å²) in [6.07, 6.45) is 0. The van der Waals surface area contributed by atoms with Crippen LogP contribution in [0.3, 0.4) is 0 Å². The zero-order valence-corrected chi connectivity index (χ0v) is 17.2. The predicted molar refractivity (Wildman–Crippen MR) is 111 cm³/mol. The highest BCUT2D eigenvalue weighted by Crippen LogP contribution is 2.26. The van der Waals surface area contributed by atoms with Gasteiger partial charge in [-0.2, -0.15) is 0 Å². The number of nitrogens with zero attached hydrogens (tertiary/aromatic N) is 5. The number of halogens is 1. The number of rotatable bonds is 4. The maximum Gasteiger partial charge on any atom is 0.245 e. The average Bonchev–Trinajstić information content (AvgIpc) is 3.43. The highest BCUT2D eigenvalue weighted by atomic mass is 19.1. The first kappa shape index (κ1) is 19.2. The summed E-state index contributed by atoms with van der Waals surface area (Å²) in [5.41, 5.74) is 2.86. The average molecular weight is 417 g/mol. The van der Waals surface area contributed by atoms with Crippen molar-refractivity contribution in [2.45, 2.75) is 33.5 Å². The van der Waals surface area contributed by atoms with Gasteiger partial charge < -0.3 is 9.32 Å². The second kappa shape index (κ2) is 7.46. The monoisotopic (exact) mass is 417 g/mol. The number of aromatic nitrogens is 4. The van der Waals surface area contributed by atoms with E-state index in [-0.39, 0.29) is 18.3 Å². The number of aryl methyl sites for hydroxylation is 2. The number of hydrogen-bond acceptors (Lipinski definition) is 5. The zero-order valence-electron chi connectivity index (χ0n) is 17.2. The number of benzene rings is 2. The molecular formula is C23H20FN5O2. The lowest BCUT2D eigenvalue weighted by Crippen LogP contribution is -2.30. The first-order chi connectivity index (χ1) is 15.0. The molecule has 0 radical (unpaired) electrons. The van der Waals surface area contributed by atoms with Gasteiger partial charge in [0.05, 0.1) is 13.1 Å². The minimum absolute atomic E-state index is 0.0284. The Hall–Kier alpha value is -3.81. The molecule has 2 aromatic carbocycles. The van der Waals surface area contributed by atoms with E-state index in [1.165, 1.54) is 6.07 Å². The molecule has 7 nitrogen and oxygen atoms in total. The number of carbonyl (C=O) groups excluding carboxylic acids is 1. The number of hydrogen-bond donors (Lipinski definition) is 0. The van der Waals surface area contributed by atoms with E-state index < -0.39 is 0 Å². The molecule has 0 N–H and O–H groups in total. The van der Waals surface area contributed by atoms with Gasteiger partial charge in [0.25, 0.3) is 0 Å². The van der Waals surface area contributed by atoms with E-state index in [1.54, 1.807) is 35.6 Å². The number of carbonyl (C=O) groups is 1. The molecule has 0 saturated carbocycles. The predicted octanol–water partition coefficient (Wildman–Crippen LogP) is 3.90. The summed E-state index contributed by atoms with van der Waals surface area (Å²) < 4.78 is 20.9. The summed E-state index contributed by atoms with van der Waals surface area (Å²) >= 11 is 0. The van der Waals surface area contributed by atoms with Crippen molar-refractivity contribution in [1.29, 1.82) is 0 Å². The van der Waals surface area contributed by atoms with Crippen LogP contribution in [0, 0.1) is 19.7 Å². The van der Waals surface area contributed by atoms with Crippen molar-refractivity contribution in [3.05, 3.63) is 77.3 Å². The molecule has 0 aliphatic carbocycles. The third-order valence-electron chi connectivity index (χ3n) is 5.32. The van der Waals surface area contributed by atoms with Gasteiger partial charge in [0, 0.05) is 18.1 Å². The summed E-state index contributed by atoms with van der Waals surface area (Å²) in [5.74, 6) is 1.98. The minimum atomic E-state index is -0.281. The third kappa shape index (κ3) is 3.61. The molecular weight excluding hydrogens is 397 g/mol. The molecule has 5 rings (SSSR count). The fourth-order valence-corrected chi connectivity index (χ4v) is 3.73. The molecule has 0 unspecified atom stereocenters. The zero-order chi connectivity index (χ0) is 21.5. The first-order valence-electron chi connectivity index (χ1n) is 9.97. The quantitative estimate of drug-likeness (QED) is 0.503. The van der Waals surface area contributed by atoms with Gasteiger partial charge in [0.2, 0.25) is 5.91 Å². The highest BCUT2D eigenvalue weighted by Gasteiger charge is 2.29. The second-order valence-electron chi connectivity index (χ2n) is 7.60. The largest absolute Gasteiger partial charge is 0.444 e. The first-order valence-corrected chi connectivity index (χ1v) is 9.97. The van der Waals surface area contributed by atoms with E-state index in [4.69, 9.17) is 4.42 Å². The lowest BCUT2D eigenvalue weighted by Gasteiger charge is -2.15. The summed E-state index contributed by atoms with van der Waals surface area (Å²) in [5, 5.41) is 4.59. The lowest BCUT2D eigenvalue weighted by molar-refractivity contribution is -0.132. The van der Waals surface area contributed by atoms with Crippen LogP contribution in [-0.4, -0.2) is 30.6 Å². The number of fused-ring (bicyclic) bond motifs is 1. The number of oxazole rings is 1. The minimum Gasteiger partial charge on any atom is -0.444 e. The fourth-order valence-electron chi connectivity index (χ4n) is 3.73. The van der Waals surface area contributed by atoms with Gasteiger partial charge in [-0.25, -0.2) is 19.0 Å². The molecule has 2 aromatic heterocycles. The molecule has 0 fully saturated rings.